The summed E-state index contributed by atoms with van der Waals surface area (Å²) in [5.74, 6) is 0.159. The van der Waals surface area contributed by atoms with Gasteiger partial charge in [0.25, 0.3) is 0 Å². The molecule has 0 saturated carbocycles. The number of ether oxygens (including phenoxy) is 1. The van der Waals surface area contributed by atoms with E-state index in [1.54, 1.807) is 0 Å². The van der Waals surface area contributed by atoms with Crippen molar-refractivity contribution in [2.24, 2.45) is 0 Å². The molecule has 1 aliphatic rings. The van der Waals surface area contributed by atoms with E-state index < -0.39 is 0 Å². The summed E-state index contributed by atoms with van der Waals surface area (Å²) in [7, 11) is 1.51. The molecule has 110 valence electrons. The van der Waals surface area contributed by atoms with Crippen molar-refractivity contribution in [2.75, 3.05) is 32.1 Å². The minimum atomic E-state index is -0.0791. The smallest absolute Gasteiger partial charge is 0.246 e. The van der Waals surface area contributed by atoms with E-state index in [4.69, 9.17) is 4.74 Å². The van der Waals surface area contributed by atoms with Gasteiger partial charge >= 0.3 is 0 Å². The van der Waals surface area contributed by atoms with Crippen LogP contribution in [0.4, 0.5) is 0 Å². The summed E-state index contributed by atoms with van der Waals surface area (Å²) in [5, 5.41) is 3.88. The van der Waals surface area contributed by atoms with Crippen molar-refractivity contribution in [3.8, 4) is 0 Å². The number of amides is 2. The van der Waals surface area contributed by atoms with Crippen LogP contribution in [-0.4, -0.2) is 54.9 Å². The summed E-state index contributed by atoms with van der Waals surface area (Å²) in [6.07, 6.45) is 4.27. The molecule has 0 bridgehead atoms. The number of hydrogen-bond donors (Lipinski definition) is 1. The first kappa shape index (κ1) is 16.4. The van der Waals surface area contributed by atoms with Crippen LogP contribution < -0.4 is 5.32 Å². The predicted octanol–water partition coefficient (Wildman–Crippen LogP) is 1.31. The zero-order valence-corrected chi connectivity index (χ0v) is 13.1. The fourth-order valence-corrected chi connectivity index (χ4v) is 2.60. The van der Waals surface area contributed by atoms with E-state index in [2.05, 4.69) is 21.2 Å². The molecule has 0 spiro atoms. The Balaban J connectivity index is 2.21. The van der Waals surface area contributed by atoms with E-state index in [0.29, 0.717) is 6.42 Å². The molecule has 1 heterocycles. The molecule has 1 saturated heterocycles. The Kier molecular flexibility index (Phi) is 8.05. The second kappa shape index (κ2) is 9.31. The standard InChI is InChI=1S/C13H23BrN2O3/c1-19-10-12(17)15-11-5-8-16(9-6-11)13(18)4-2-3-7-14/h11H,2-10H2,1H3,(H,15,17). The number of carbonyl (C=O) groups is 2. The second-order valence-electron chi connectivity index (χ2n) is 4.80. The molecule has 0 radical (unpaired) electrons. The molecule has 0 aromatic heterocycles. The highest BCUT2D eigenvalue weighted by molar-refractivity contribution is 9.09. The summed E-state index contributed by atoms with van der Waals surface area (Å²) in [4.78, 5) is 25.2. The number of piperidine rings is 1. The average Bonchev–Trinajstić information content (AvgIpc) is 2.40. The Morgan fingerprint density at radius 2 is 2.00 bits per heavy atom. The van der Waals surface area contributed by atoms with Gasteiger partial charge in [0.05, 0.1) is 0 Å². The van der Waals surface area contributed by atoms with E-state index in [-0.39, 0.29) is 24.5 Å². The molecule has 2 amide bonds. The molecule has 1 fully saturated rings. The van der Waals surface area contributed by atoms with E-state index in [1.165, 1.54) is 7.11 Å². The normalized spacial score (nSPS) is 16.4. The van der Waals surface area contributed by atoms with Gasteiger partial charge < -0.3 is 15.0 Å². The Morgan fingerprint density at radius 3 is 2.58 bits per heavy atom. The Hall–Kier alpha value is -0.620. The molecule has 1 rings (SSSR count). The molecule has 1 aliphatic heterocycles. The van der Waals surface area contributed by atoms with Gasteiger partial charge in [-0.05, 0) is 25.7 Å². The number of nitrogens with zero attached hydrogens (tertiary/aromatic N) is 1. The van der Waals surface area contributed by atoms with Crippen molar-refractivity contribution >= 4 is 27.7 Å². The number of rotatable bonds is 7. The maximum absolute atomic E-state index is 11.9. The predicted molar refractivity (Wildman–Crippen MR) is 77.3 cm³/mol. The summed E-state index contributed by atoms with van der Waals surface area (Å²) in [5.41, 5.74) is 0. The van der Waals surface area contributed by atoms with Crippen molar-refractivity contribution in [3.05, 3.63) is 0 Å². The van der Waals surface area contributed by atoms with Crippen molar-refractivity contribution < 1.29 is 14.3 Å². The molecular weight excluding hydrogens is 312 g/mol. The lowest BCUT2D eigenvalue weighted by atomic mass is 10.0. The quantitative estimate of drug-likeness (QED) is 0.564. The van der Waals surface area contributed by atoms with Crippen LogP contribution in [0.15, 0.2) is 0 Å². The van der Waals surface area contributed by atoms with Crippen LogP contribution in [0.3, 0.4) is 0 Å². The number of likely N-dealkylation sites (tertiary alicyclic amines) is 1. The van der Waals surface area contributed by atoms with Crippen LogP contribution in [0.5, 0.6) is 0 Å². The monoisotopic (exact) mass is 334 g/mol. The maximum Gasteiger partial charge on any atom is 0.246 e. The number of alkyl halides is 1. The van der Waals surface area contributed by atoms with Crippen LogP contribution in [0, 0.1) is 0 Å². The molecule has 0 unspecified atom stereocenters. The van der Waals surface area contributed by atoms with Gasteiger partial charge in [-0.3, -0.25) is 9.59 Å². The average molecular weight is 335 g/mol. The Bertz CT molecular complexity index is 292. The second-order valence-corrected chi connectivity index (χ2v) is 5.59. The first-order valence-corrected chi connectivity index (χ1v) is 7.91. The van der Waals surface area contributed by atoms with Gasteiger partial charge in [0, 0.05) is 38.0 Å². The molecule has 1 N–H and O–H groups in total. The van der Waals surface area contributed by atoms with Crippen LogP contribution in [0.1, 0.15) is 32.1 Å². The van der Waals surface area contributed by atoms with Crippen LogP contribution >= 0.6 is 15.9 Å². The van der Waals surface area contributed by atoms with Gasteiger partial charge in [-0.15, -0.1) is 0 Å². The van der Waals surface area contributed by atoms with Crippen LogP contribution in [0.25, 0.3) is 0 Å². The molecule has 19 heavy (non-hydrogen) atoms. The minimum Gasteiger partial charge on any atom is -0.375 e. The number of nitrogens with one attached hydrogen (secondary N) is 1. The fraction of sp³-hybridized carbons (Fsp3) is 0.846. The molecule has 0 aromatic carbocycles. The van der Waals surface area contributed by atoms with Gasteiger partial charge in [-0.2, -0.15) is 0 Å². The largest absolute Gasteiger partial charge is 0.375 e. The lowest BCUT2D eigenvalue weighted by molar-refractivity contribution is -0.132. The number of hydrogen-bond acceptors (Lipinski definition) is 3. The molecule has 0 aromatic rings. The van der Waals surface area contributed by atoms with Gasteiger partial charge in [0.2, 0.25) is 11.8 Å². The highest BCUT2D eigenvalue weighted by atomic mass is 79.9. The van der Waals surface area contributed by atoms with Crippen LogP contribution in [0.2, 0.25) is 0 Å². The van der Waals surface area contributed by atoms with E-state index in [1.807, 2.05) is 4.90 Å². The highest BCUT2D eigenvalue weighted by Crippen LogP contribution is 2.12. The number of unbranched alkanes of at least 4 members (excludes halogenated alkanes) is 1. The lowest BCUT2D eigenvalue weighted by Gasteiger charge is -2.32. The first-order chi connectivity index (χ1) is 9.17. The summed E-state index contributed by atoms with van der Waals surface area (Å²) >= 11 is 3.36. The first-order valence-electron chi connectivity index (χ1n) is 6.79. The molecule has 5 nitrogen and oxygen atoms in total. The summed E-state index contributed by atoms with van der Waals surface area (Å²) in [6.45, 7) is 1.59. The van der Waals surface area contributed by atoms with Crippen molar-refractivity contribution in [1.29, 1.82) is 0 Å². The topological polar surface area (TPSA) is 58.6 Å². The van der Waals surface area contributed by atoms with Gasteiger partial charge in [0.1, 0.15) is 6.61 Å². The molecule has 6 heteroatoms. The molecular formula is C13H23BrN2O3. The van der Waals surface area contributed by atoms with Gasteiger partial charge in [-0.1, -0.05) is 15.9 Å². The van der Waals surface area contributed by atoms with Crippen molar-refractivity contribution in [2.45, 2.75) is 38.1 Å². The van der Waals surface area contributed by atoms with Gasteiger partial charge in [-0.25, -0.2) is 0 Å². The van der Waals surface area contributed by atoms with Crippen molar-refractivity contribution in [1.82, 2.24) is 10.2 Å². The van der Waals surface area contributed by atoms with E-state index >= 15 is 0 Å². The summed E-state index contributed by atoms with van der Waals surface area (Å²) < 4.78 is 4.78. The molecule has 0 aliphatic carbocycles. The fourth-order valence-electron chi connectivity index (χ4n) is 2.20. The third-order valence-corrected chi connectivity index (χ3v) is 3.82. The Morgan fingerprint density at radius 1 is 1.32 bits per heavy atom. The summed E-state index contributed by atoms with van der Waals surface area (Å²) in [6, 6.07) is 0.175. The third-order valence-electron chi connectivity index (χ3n) is 3.26. The minimum absolute atomic E-state index is 0.0791. The van der Waals surface area contributed by atoms with Crippen molar-refractivity contribution in [3.63, 3.8) is 0 Å². The zero-order valence-electron chi connectivity index (χ0n) is 11.5. The molecule has 0 atom stereocenters. The zero-order chi connectivity index (χ0) is 14.1. The number of carbonyl (C=O) groups excluding carboxylic acids is 2. The van der Waals surface area contributed by atoms with E-state index in [0.717, 1.165) is 44.1 Å². The number of halogens is 1. The SMILES string of the molecule is COCC(=O)NC1CCN(C(=O)CCCCBr)CC1. The van der Waals surface area contributed by atoms with E-state index in [9.17, 15) is 9.59 Å². The lowest BCUT2D eigenvalue weighted by Crippen LogP contribution is -2.47. The van der Waals surface area contributed by atoms with Gasteiger partial charge in [0.15, 0.2) is 0 Å². The highest BCUT2D eigenvalue weighted by Gasteiger charge is 2.23. The Labute approximate surface area is 123 Å². The maximum atomic E-state index is 11.9. The van der Waals surface area contributed by atoms with Crippen LogP contribution in [-0.2, 0) is 14.3 Å². The number of methoxy groups -OCH3 is 1. The third kappa shape index (κ3) is 6.38.